The maximum Gasteiger partial charge on any atom is 0.282 e. The molecule has 2 rings (SSSR count). The molecule has 0 atom stereocenters. The van der Waals surface area contributed by atoms with Crippen LogP contribution in [-0.2, 0) is 7.05 Å². The van der Waals surface area contributed by atoms with E-state index in [1.54, 1.807) is 6.07 Å². The second-order valence-corrected chi connectivity index (χ2v) is 4.66. The molecule has 8 heteroatoms. The van der Waals surface area contributed by atoms with E-state index in [1.807, 2.05) is 6.07 Å². The molecule has 1 aromatic heterocycles. The fraction of sp³-hybridized carbons (Fsp3) is 0.133. The van der Waals surface area contributed by atoms with Gasteiger partial charge in [0.1, 0.15) is 17.5 Å². The van der Waals surface area contributed by atoms with Crippen molar-refractivity contribution in [3.8, 4) is 23.8 Å². The second kappa shape index (κ2) is 6.00. The second-order valence-electron chi connectivity index (χ2n) is 4.66. The van der Waals surface area contributed by atoms with Gasteiger partial charge in [-0.2, -0.15) is 10.5 Å². The molecule has 0 amide bonds. The molecule has 114 valence electrons. The van der Waals surface area contributed by atoms with Crippen LogP contribution in [0.4, 0.5) is 11.4 Å². The molecule has 1 aromatic carbocycles. The van der Waals surface area contributed by atoms with Crippen LogP contribution in [0.3, 0.4) is 0 Å². The smallest absolute Gasteiger partial charge is 0.282 e. The summed E-state index contributed by atoms with van der Waals surface area (Å²) < 4.78 is 0.941. The zero-order chi connectivity index (χ0) is 17.1. The Kier molecular flexibility index (Phi) is 4.10. The summed E-state index contributed by atoms with van der Waals surface area (Å²) in [5, 5.41) is 45.0. The Morgan fingerprint density at radius 1 is 1.17 bits per heavy atom. The first-order chi connectivity index (χ1) is 10.9. The largest absolute Gasteiger partial charge is 0.506 e. The molecule has 0 aliphatic heterocycles. The van der Waals surface area contributed by atoms with Crippen LogP contribution in [0.25, 0.3) is 0 Å². The lowest BCUT2D eigenvalue weighted by Gasteiger charge is -2.08. The topological polar surface area (TPSA) is 135 Å². The third-order valence-corrected chi connectivity index (χ3v) is 3.25. The molecule has 0 bridgehead atoms. The number of azo groups is 1. The molecule has 0 fully saturated rings. The number of rotatable bonds is 2. The number of nitrogens with zero attached hydrogens (tertiary/aromatic N) is 5. The summed E-state index contributed by atoms with van der Waals surface area (Å²) in [7, 11) is 1.33. The summed E-state index contributed by atoms with van der Waals surface area (Å²) in [5.74, 6) is -0.557. The van der Waals surface area contributed by atoms with E-state index in [9.17, 15) is 15.0 Å². The van der Waals surface area contributed by atoms with Gasteiger partial charge in [0.15, 0.2) is 11.6 Å². The minimum absolute atomic E-state index is 0.0132. The maximum atomic E-state index is 12.1. The number of nitriles is 2. The number of phenolic OH excluding ortho intramolecular Hbond substituents is 1. The summed E-state index contributed by atoms with van der Waals surface area (Å²) in [6, 6.07) is 7.66. The number of pyridine rings is 1. The van der Waals surface area contributed by atoms with E-state index in [1.165, 1.54) is 32.2 Å². The minimum Gasteiger partial charge on any atom is -0.506 e. The maximum absolute atomic E-state index is 12.1. The highest BCUT2D eigenvalue weighted by Gasteiger charge is 2.17. The Labute approximate surface area is 130 Å². The van der Waals surface area contributed by atoms with E-state index in [0.717, 1.165) is 4.57 Å². The lowest BCUT2D eigenvalue weighted by atomic mass is 10.1. The molecular formula is C15H11N5O3. The number of hydrogen-bond acceptors (Lipinski definition) is 7. The van der Waals surface area contributed by atoms with Gasteiger partial charge in [0.2, 0.25) is 0 Å². The highest BCUT2D eigenvalue weighted by Crippen LogP contribution is 2.30. The quantitative estimate of drug-likeness (QED) is 0.820. The summed E-state index contributed by atoms with van der Waals surface area (Å²) >= 11 is 0. The first kappa shape index (κ1) is 15.7. The molecule has 0 saturated carbocycles. The van der Waals surface area contributed by atoms with Gasteiger partial charge in [0.05, 0.1) is 17.2 Å². The van der Waals surface area contributed by atoms with Crippen LogP contribution in [-0.4, -0.2) is 14.8 Å². The summed E-state index contributed by atoms with van der Waals surface area (Å²) in [4.78, 5) is 12.1. The van der Waals surface area contributed by atoms with Crippen molar-refractivity contribution in [3.05, 3.63) is 45.2 Å². The van der Waals surface area contributed by atoms with Crippen molar-refractivity contribution in [3.63, 3.8) is 0 Å². The fourth-order valence-electron chi connectivity index (χ4n) is 1.91. The number of aromatic hydroxyl groups is 2. The first-order valence-electron chi connectivity index (χ1n) is 6.38. The van der Waals surface area contributed by atoms with Crippen molar-refractivity contribution in [1.29, 1.82) is 10.5 Å². The third kappa shape index (κ3) is 2.74. The third-order valence-electron chi connectivity index (χ3n) is 3.25. The van der Waals surface area contributed by atoms with Gasteiger partial charge >= 0.3 is 0 Å². The number of benzene rings is 1. The van der Waals surface area contributed by atoms with Crippen molar-refractivity contribution in [1.82, 2.24) is 4.57 Å². The number of hydrogen-bond donors (Lipinski definition) is 2. The van der Waals surface area contributed by atoms with Crippen LogP contribution in [0.1, 0.15) is 16.7 Å². The van der Waals surface area contributed by atoms with E-state index < -0.39 is 5.56 Å². The van der Waals surface area contributed by atoms with Gasteiger partial charge in [-0.25, -0.2) is 0 Å². The van der Waals surface area contributed by atoms with Crippen LogP contribution in [0.2, 0.25) is 0 Å². The van der Waals surface area contributed by atoms with Gasteiger partial charge in [-0.15, -0.1) is 10.2 Å². The highest BCUT2D eigenvalue weighted by molar-refractivity contribution is 5.59. The van der Waals surface area contributed by atoms with Gasteiger partial charge in [-0.3, -0.25) is 9.36 Å². The molecule has 0 unspecified atom stereocenters. The van der Waals surface area contributed by atoms with Gasteiger partial charge in [-0.1, -0.05) is 0 Å². The van der Waals surface area contributed by atoms with Crippen molar-refractivity contribution in [2.45, 2.75) is 6.92 Å². The standard InChI is InChI=1S/C15H11N5O3/c1-8-10(7-17)13(15(23)20(2)14(8)22)19-18-11-5-9(6-16)3-4-12(11)21/h3-5,21-22H,1-2H3. The van der Waals surface area contributed by atoms with Crippen molar-refractivity contribution in [2.75, 3.05) is 0 Å². The molecule has 0 aliphatic rings. The summed E-state index contributed by atoms with van der Waals surface area (Å²) in [5.41, 5.74) is -0.631. The Morgan fingerprint density at radius 3 is 2.48 bits per heavy atom. The predicted octanol–water partition coefficient (Wildman–Crippen LogP) is 2.26. The average molecular weight is 309 g/mol. The van der Waals surface area contributed by atoms with Crippen molar-refractivity contribution in [2.24, 2.45) is 17.3 Å². The summed E-state index contributed by atoms with van der Waals surface area (Å²) in [6.07, 6.45) is 0. The molecule has 2 N–H and O–H groups in total. The van der Waals surface area contributed by atoms with Gasteiger partial charge < -0.3 is 10.2 Å². The van der Waals surface area contributed by atoms with E-state index in [4.69, 9.17) is 10.5 Å². The molecule has 0 saturated heterocycles. The molecule has 8 nitrogen and oxygen atoms in total. The molecule has 0 aliphatic carbocycles. The Hall–Kier alpha value is -3.65. The lowest BCUT2D eigenvalue weighted by Crippen LogP contribution is -2.18. The number of phenols is 1. The van der Waals surface area contributed by atoms with Gasteiger partial charge in [-0.05, 0) is 25.1 Å². The average Bonchev–Trinajstić information content (AvgIpc) is 2.56. The monoisotopic (exact) mass is 309 g/mol. The van der Waals surface area contributed by atoms with Crippen molar-refractivity contribution >= 4 is 11.4 Å². The van der Waals surface area contributed by atoms with Crippen LogP contribution in [0.15, 0.2) is 33.2 Å². The predicted molar refractivity (Wildman–Crippen MR) is 79.8 cm³/mol. The number of aromatic nitrogens is 1. The van der Waals surface area contributed by atoms with Gasteiger partial charge in [0.25, 0.3) is 5.56 Å². The van der Waals surface area contributed by atoms with E-state index in [0.29, 0.717) is 0 Å². The Bertz CT molecular complexity index is 961. The molecular weight excluding hydrogens is 298 g/mol. The normalized spacial score (nSPS) is 10.4. The van der Waals surface area contributed by atoms with E-state index >= 15 is 0 Å². The van der Waals surface area contributed by atoms with Crippen LogP contribution in [0.5, 0.6) is 11.6 Å². The zero-order valence-corrected chi connectivity index (χ0v) is 12.3. The SMILES string of the molecule is Cc1c(C#N)c(N=Nc2cc(C#N)ccc2O)c(=O)n(C)c1O. The fourth-order valence-corrected chi connectivity index (χ4v) is 1.91. The first-order valence-corrected chi connectivity index (χ1v) is 6.38. The van der Waals surface area contributed by atoms with Crippen LogP contribution >= 0.6 is 0 Å². The van der Waals surface area contributed by atoms with E-state index in [-0.39, 0.29) is 39.7 Å². The van der Waals surface area contributed by atoms with E-state index in [2.05, 4.69) is 10.2 Å². The van der Waals surface area contributed by atoms with Crippen LogP contribution in [0, 0.1) is 29.6 Å². The van der Waals surface area contributed by atoms with Crippen molar-refractivity contribution < 1.29 is 10.2 Å². The molecule has 0 spiro atoms. The minimum atomic E-state index is -0.704. The summed E-state index contributed by atoms with van der Waals surface area (Å²) in [6.45, 7) is 1.47. The van der Waals surface area contributed by atoms with Gasteiger partial charge in [0, 0.05) is 12.6 Å². The Morgan fingerprint density at radius 2 is 1.87 bits per heavy atom. The zero-order valence-electron chi connectivity index (χ0n) is 12.3. The molecule has 1 heterocycles. The highest BCUT2D eigenvalue weighted by atomic mass is 16.3. The lowest BCUT2D eigenvalue weighted by molar-refractivity contribution is 0.418. The Balaban J connectivity index is 2.64. The molecule has 23 heavy (non-hydrogen) atoms. The molecule has 0 radical (unpaired) electrons. The molecule has 2 aromatic rings. The van der Waals surface area contributed by atoms with Crippen LogP contribution < -0.4 is 5.56 Å².